The molecule has 1 aromatic carbocycles. The minimum atomic E-state index is -4.81. The molecule has 1 fully saturated rings. The van der Waals surface area contributed by atoms with E-state index in [0.717, 1.165) is 57.1 Å². The van der Waals surface area contributed by atoms with E-state index in [1.54, 1.807) is 0 Å². The fourth-order valence-corrected chi connectivity index (χ4v) is 9.38. The van der Waals surface area contributed by atoms with Crippen LogP contribution in [0.2, 0.25) is 5.02 Å². The molecule has 71 heavy (non-hydrogen) atoms. The number of unbranched alkanes of at least 4 members (excludes halogenated alkanes) is 28. The van der Waals surface area contributed by atoms with Crippen LogP contribution in [0.4, 0.5) is 13.2 Å². The molecule has 11 nitrogen and oxygen atoms in total. The lowest BCUT2D eigenvalue weighted by Gasteiger charge is -2.41. The molecular weight excluding hydrogens is 937 g/mol. The third-order valence-electron chi connectivity index (χ3n) is 13.8. The number of benzene rings is 1. The van der Waals surface area contributed by atoms with Gasteiger partial charge in [0.2, 0.25) is 5.91 Å². The molecular formula is C56H96ClF3N2O9. The topological polar surface area (TPSA) is 178 Å². The van der Waals surface area contributed by atoms with Gasteiger partial charge in [0.15, 0.2) is 6.29 Å². The van der Waals surface area contributed by atoms with Crippen LogP contribution in [0.25, 0.3) is 0 Å². The first-order chi connectivity index (χ1) is 34.2. The third-order valence-corrected chi connectivity index (χ3v) is 14.1. The summed E-state index contributed by atoms with van der Waals surface area (Å²) in [6, 6.07) is 1.50. The maximum Gasteiger partial charge on any atom is 0.417 e. The summed E-state index contributed by atoms with van der Waals surface area (Å²) in [6.45, 7) is 3.53. The van der Waals surface area contributed by atoms with Crippen LogP contribution in [0.15, 0.2) is 30.4 Å². The highest BCUT2D eigenvalue weighted by Crippen LogP contribution is 2.35. The monoisotopic (exact) mass is 1030 g/mol. The van der Waals surface area contributed by atoms with Gasteiger partial charge in [-0.05, 0) is 56.7 Å². The molecule has 1 aliphatic heterocycles. The van der Waals surface area contributed by atoms with E-state index in [4.69, 9.17) is 21.1 Å². The van der Waals surface area contributed by atoms with Crippen molar-refractivity contribution in [3.63, 3.8) is 0 Å². The van der Waals surface area contributed by atoms with Gasteiger partial charge in [0.25, 0.3) is 5.91 Å². The molecule has 8 atom stereocenters. The molecule has 2 amide bonds. The molecule has 7 N–H and O–H groups in total. The second kappa shape index (κ2) is 40.1. The van der Waals surface area contributed by atoms with Gasteiger partial charge < -0.3 is 45.6 Å². The number of ether oxygens (including phenoxy) is 2. The third kappa shape index (κ3) is 29.4. The van der Waals surface area contributed by atoms with Crippen molar-refractivity contribution in [3.05, 3.63) is 46.5 Å². The lowest BCUT2D eigenvalue weighted by molar-refractivity contribution is -0.297. The molecule has 0 saturated carbocycles. The lowest BCUT2D eigenvalue weighted by atomic mass is 9.98. The Morgan fingerprint density at radius 2 is 1.14 bits per heavy atom. The molecule has 1 heterocycles. The van der Waals surface area contributed by atoms with Gasteiger partial charge in [-0.25, -0.2) is 0 Å². The van der Waals surface area contributed by atoms with Crippen LogP contribution in [0.1, 0.15) is 242 Å². The molecule has 2 rings (SSSR count). The highest BCUT2D eigenvalue weighted by atomic mass is 35.5. The van der Waals surface area contributed by atoms with E-state index in [9.17, 15) is 48.3 Å². The zero-order chi connectivity index (χ0) is 52.1. The number of aliphatic hydroxyl groups is 5. The number of amides is 2. The number of hydrogen-bond acceptors (Lipinski definition) is 9. The molecule has 1 saturated heterocycles. The molecule has 2 unspecified atom stereocenters. The first-order valence-corrected chi connectivity index (χ1v) is 28.4. The average Bonchev–Trinajstić information content (AvgIpc) is 3.34. The molecule has 0 spiro atoms. The van der Waals surface area contributed by atoms with Crippen molar-refractivity contribution >= 4 is 23.4 Å². The van der Waals surface area contributed by atoms with Crippen molar-refractivity contribution in [2.75, 3.05) is 13.2 Å². The van der Waals surface area contributed by atoms with E-state index in [1.165, 1.54) is 141 Å². The Bertz CT molecular complexity index is 1540. The smallest absolute Gasteiger partial charge is 0.390 e. The van der Waals surface area contributed by atoms with E-state index < -0.39 is 84.8 Å². The summed E-state index contributed by atoms with van der Waals surface area (Å²) in [5.74, 6) is -1.29. The van der Waals surface area contributed by atoms with Gasteiger partial charge in [0.1, 0.15) is 30.5 Å². The fraction of sp³-hybridized carbons (Fsp3) is 0.821. The SMILES string of the molecule is CCCCCCCCC=CCCCCCCCCCCCCCC(=O)N[C@@H](CO[C@H]1OC(CNC(=O)c2ccc(Cl)c(C(F)(F)F)c2)[C@H](O)[C@H](O)C1O)[C@H](O)[C@H](O)CCCCCCCCCCCCCC. The summed E-state index contributed by atoms with van der Waals surface area (Å²) in [5.41, 5.74) is -1.57. The molecule has 1 aliphatic rings. The van der Waals surface area contributed by atoms with E-state index >= 15 is 0 Å². The van der Waals surface area contributed by atoms with Crippen LogP contribution in [0.5, 0.6) is 0 Å². The number of allylic oxidation sites excluding steroid dienone is 2. The maximum absolute atomic E-state index is 13.4. The molecule has 0 bridgehead atoms. The van der Waals surface area contributed by atoms with Crippen molar-refractivity contribution in [2.45, 2.75) is 281 Å². The van der Waals surface area contributed by atoms with Crippen molar-refractivity contribution in [3.8, 4) is 0 Å². The largest absolute Gasteiger partial charge is 0.417 e. The Labute approximate surface area is 430 Å². The van der Waals surface area contributed by atoms with Gasteiger partial charge in [-0.2, -0.15) is 13.2 Å². The van der Waals surface area contributed by atoms with E-state index in [1.807, 2.05) is 0 Å². The number of hydrogen-bond donors (Lipinski definition) is 7. The van der Waals surface area contributed by atoms with E-state index in [0.29, 0.717) is 18.9 Å². The minimum Gasteiger partial charge on any atom is -0.390 e. The van der Waals surface area contributed by atoms with Gasteiger partial charge in [-0.1, -0.05) is 205 Å². The number of rotatable bonds is 43. The van der Waals surface area contributed by atoms with Crippen molar-refractivity contribution in [2.24, 2.45) is 0 Å². The molecule has 15 heteroatoms. The number of nitrogens with one attached hydrogen (secondary N) is 2. The Morgan fingerprint density at radius 3 is 1.63 bits per heavy atom. The lowest BCUT2D eigenvalue weighted by Crippen LogP contribution is -2.61. The zero-order valence-electron chi connectivity index (χ0n) is 43.6. The quantitative estimate of drug-likeness (QED) is 0.0248. The second-order valence-electron chi connectivity index (χ2n) is 20.1. The van der Waals surface area contributed by atoms with Gasteiger partial charge in [-0.15, -0.1) is 0 Å². The van der Waals surface area contributed by atoms with Gasteiger partial charge in [0.05, 0.1) is 29.3 Å². The summed E-state index contributed by atoms with van der Waals surface area (Å²) >= 11 is 5.69. The average molecular weight is 1030 g/mol. The first kappa shape index (κ1) is 64.8. The van der Waals surface area contributed by atoms with Gasteiger partial charge in [0, 0.05) is 18.5 Å². The maximum atomic E-state index is 13.4. The Morgan fingerprint density at radius 1 is 0.676 bits per heavy atom. The number of alkyl halides is 3. The summed E-state index contributed by atoms with van der Waals surface area (Å²) < 4.78 is 51.8. The number of carbonyl (C=O) groups is 2. The van der Waals surface area contributed by atoms with Crippen LogP contribution in [0, 0.1) is 0 Å². The summed E-state index contributed by atoms with van der Waals surface area (Å²) in [4.78, 5) is 26.1. The number of halogens is 4. The van der Waals surface area contributed by atoms with Crippen molar-refractivity contribution in [1.82, 2.24) is 10.6 Å². The van der Waals surface area contributed by atoms with E-state index in [2.05, 4.69) is 36.6 Å². The molecule has 0 radical (unpaired) electrons. The van der Waals surface area contributed by atoms with Crippen molar-refractivity contribution in [1.29, 1.82) is 0 Å². The van der Waals surface area contributed by atoms with Crippen LogP contribution in [-0.4, -0.2) is 99.5 Å². The summed E-state index contributed by atoms with van der Waals surface area (Å²) in [5, 5.41) is 59.2. The second-order valence-corrected chi connectivity index (χ2v) is 20.5. The number of aliphatic hydroxyl groups excluding tert-OH is 5. The van der Waals surface area contributed by atoms with Crippen LogP contribution < -0.4 is 10.6 Å². The minimum absolute atomic E-state index is 0.194. The van der Waals surface area contributed by atoms with Gasteiger partial charge in [-0.3, -0.25) is 9.59 Å². The fourth-order valence-electron chi connectivity index (χ4n) is 9.16. The van der Waals surface area contributed by atoms with Crippen molar-refractivity contribution < 1.29 is 57.8 Å². The Hall–Kier alpha value is -2.30. The molecule has 1 aromatic rings. The summed E-state index contributed by atoms with van der Waals surface area (Å²) in [6.07, 6.45) is 25.9. The predicted molar refractivity (Wildman–Crippen MR) is 278 cm³/mol. The Balaban J connectivity index is 1.83. The highest BCUT2D eigenvalue weighted by molar-refractivity contribution is 6.31. The molecule has 412 valence electrons. The molecule has 0 aromatic heterocycles. The van der Waals surface area contributed by atoms with Crippen LogP contribution in [-0.2, 0) is 20.4 Å². The predicted octanol–water partition coefficient (Wildman–Crippen LogP) is 12.6. The molecule has 0 aliphatic carbocycles. The summed E-state index contributed by atoms with van der Waals surface area (Å²) in [7, 11) is 0. The first-order valence-electron chi connectivity index (χ1n) is 28.0. The zero-order valence-corrected chi connectivity index (χ0v) is 44.4. The Kier molecular flexibility index (Phi) is 36.6. The number of carbonyl (C=O) groups excluding carboxylic acids is 2. The standard InChI is InChI=1S/C56H96ClF3N2O9/c1-3-5-7-9-11-13-15-17-18-19-20-21-22-23-24-25-27-29-31-33-35-37-49(64)62-46(50(65)47(63)36-34-32-30-28-26-16-14-12-10-8-6-4-2)42-70-55-53(68)52(67)51(66)48(71-55)41-61-54(69)43-38-39-45(57)44(40-43)56(58,59)60/h17-18,38-40,46-48,50-53,55,63,65-68H,3-16,19-37,41-42H2,1-2H3,(H,61,69)(H,62,64)/t46-,47+,48?,50-,51-,52-,53?,55-/m0/s1. The van der Waals surface area contributed by atoms with E-state index in [-0.39, 0.29) is 24.3 Å². The highest BCUT2D eigenvalue weighted by Gasteiger charge is 2.45. The van der Waals surface area contributed by atoms with Crippen LogP contribution >= 0.6 is 11.6 Å². The normalized spacial score (nSPS) is 19.8. The van der Waals surface area contributed by atoms with Crippen LogP contribution in [0.3, 0.4) is 0 Å². The van der Waals surface area contributed by atoms with Gasteiger partial charge >= 0.3 is 6.18 Å².